The summed E-state index contributed by atoms with van der Waals surface area (Å²) in [6.45, 7) is -0.454. The summed E-state index contributed by atoms with van der Waals surface area (Å²) in [6, 6.07) is 3.64. The van der Waals surface area contributed by atoms with Gasteiger partial charge in [0, 0.05) is 5.56 Å². The van der Waals surface area contributed by atoms with E-state index < -0.39 is 24.2 Å². The Kier molecular flexibility index (Phi) is 4.41. The molecular formula is C10H11FN2O4. The highest BCUT2D eigenvalue weighted by Gasteiger charge is 2.10. The predicted octanol–water partition coefficient (Wildman–Crippen LogP) is -0.0190. The van der Waals surface area contributed by atoms with E-state index in [2.05, 4.69) is 4.84 Å². The Morgan fingerprint density at radius 2 is 2.18 bits per heavy atom. The van der Waals surface area contributed by atoms with Crippen molar-refractivity contribution in [2.75, 3.05) is 13.7 Å². The molecule has 0 saturated carbocycles. The lowest BCUT2D eigenvalue weighted by Crippen LogP contribution is -2.29. The topological polar surface area (TPSA) is 90.7 Å². The van der Waals surface area contributed by atoms with Crippen LogP contribution >= 0.6 is 0 Å². The molecule has 0 aliphatic rings. The maximum Gasteiger partial charge on any atom is 0.274 e. The van der Waals surface area contributed by atoms with E-state index in [9.17, 15) is 14.0 Å². The fraction of sp³-hybridized carbons (Fsp3) is 0.200. The first-order valence-corrected chi connectivity index (χ1v) is 4.58. The van der Waals surface area contributed by atoms with Crippen LogP contribution in [0.4, 0.5) is 4.39 Å². The fourth-order valence-corrected chi connectivity index (χ4v) is 1.04. The Morgan fingerprint density at radius 1 is 1.47 bits per heavy atom. The monoisotopic (exact) mass is 242 g/mol. The first-order valence-electron chi connectivity index (χ1n) is 4.58. The lowest BCUT2D eigenvalue weighted by Gasteiger charge is -2.06. The molecule has 0 spiro atoms. The van der Waals surface area contributed by atoms with Gasteiger partial charge in [0.15, 0.2) is 18.2 Å². The van der Waals surface area contributed by atoms with Gasteiger partial charge in [-0.1, -0.05) is 0 Å². The highest BCUT2D eigenvalue weighted by atomic mass is 19.1. The molecule has 2 amide bonds. The first kappa shape index (κ1) is 12.9. The number of hydrogen-bond donors (Lipinski definition) is 2. The number of hydrogen-bond acceptors (Lipinski definition) is 4. The molecule has 0 atom stereocenters. The van der Waals surface area contributed by atoms with Crippen LogP contribution in [-0.4, -0.2) is 25.5 Å². The van der Waals surface area contributed by atoms with Crippen molar-refractivity contribution in [2.45, 2.75) is 0 Å². The molecule has 0 heterocycles. The maximum absolute atomic E-state index is 13.2. The van der Waals surface area contributed by atoms with Crippen molar-refractivity contribution in [3.05, 3.63) is 29.6 Å². The molecule has 3 N–H and O–H groups in total. The zero-order valence-electron chi connectivity index (χ0n) is 9.03. The average Bonchev–Trinajstić information content (AvgIpc) is 2.28. The lowest BCUT2D eigenvalue weighted by molar-refractivity contribution is -0.124. The van der Waals surface area contributed by atoms with Crippen LogP contribution in [0.2, 0.25) is 0 Å². The standard InChI is InChI=1S/C10H11FN2O4/c1-16-8-3-2-6(4-7(8)11)10(15)13-17-5-9(12)14/h2-4H,5H2,1H3,(H2,12,14)(H,13,15). The van der Waals surface area contributed by atoms with Crippen molar-refractivity contribution >= 4 is 11.8 Å². The van der Waals surface area contributed by atoms with Gasteiger partial charge in [-0.15, -0.1) is 0 Å². The quantitative estimate of drug-likeness (QED) is 0.710. The van der Waals surface area contributed by atoms with Gasteiger partial charge in [0.1, 0.15) is 0 Å². The summed E-state index contributed by atoms with van der Waals surface area (Å²) in [5.74, 6) is -2.06. The molecule has 1 rings (SSSR count). The molecule has 6 nitrogen and oxygen atoms in total. The number of halogens is 1. The number of nitrogens with one attached hydrogen (secondary N) is 1. The minimum atomic E-state index is -0.730. The molecule has 0 aliphatic heterocycles. The van der Waals surface area contributed by atoms with E-state index in [0.717, 1.165) is 6.07 Å². The van der Waals surface area contributed by atoms with Crippen molar-refractivity contribution in [1.29, 1.82) is 0 Å². The molecule has 0 fully saturated rings. The summed E-state index contributed by atoms with van der Waals surface area (Å²) in [5.41, 5.74) is 6.77. The van der Waals surface area contributed by atoms with Crippen molar-refractivity contribution in [3.63, 3.8) is 0 Å². The first-order chi connectivity index (χ1) is 8.04. The zero-order valence-corrected chi connectivity index (χ0v) is 9.03. The second-order valence-corrected chi connectivity index (χ2v) is 3.04. The molecule has 0 unspecified atom stereocenters. The Bertz CT molecular complexity index is 436. The van der Waals surface area contributed by atoms with Crippen LogP contribution in [0.5, 0.6) is 5.75 Å². The predicted molar refractivity (Wildman–Crippen MR) is 55.6 cm³/mol. The van der Waals surface area contributed by atoms with Crippen molar-refractivity contribution in [2.24, 2.45) is 5.73 Å². The summed E-state index contributed by atoms with van der Waals surface area (Å²) in [5, 5.41) is 0. The molecule has 0 radical (unpaired) electrons. The number of amides is 2. The smallest absolute Gasteiger partial charge is 0.274 e. The lowest BCUT2D eigenvalue weighted by atomic mass is 10.2. The second-order valence-electron chi connectivity index (χ2n) is 3.04. The summed E-state index contributed by atoms with van der Waals surface area (Å²) in [4.78, 5) is 26.2. The molecule has 1 aromatic rings. The third-order valence-corrected chi connectivity index (χ3v) is 1.79. The van der Waals surface area contributed by atoms with Gasteiger partial charge in [-0.25, -0.2) is 9.87 Å². The number of benzene rings is 1. The normalized spacial score (nSPS) is 9.76. The molecule has 0 aliphatic carbocycles. The number of rotatable bonds is 5. The summed E-state index contributed by atoms with van der Waals surface area (Å²) >= 11 is 0. The van der Waals surface area contributed by atoms with E-state index >= 15 is 0 Å². The number of nitrogens with two attached hydrogens (primary N) is 1. The fourth-order valence-electron chi connectivity index (χ4n) is 1.04. The van der Waals surface area contributed by atoms with Gasteiger partial charge in [0.05, 0.1) is 7.11 Å². The van der Waals surface area contributed by atoms with E-state index in [0.29, 0.717) is 0 Å². The maximum atomic E-state index is 13.2. The summed E-state index contributed by atoms with van der Waals surface area (Å²) in [6.07, 6.45) is 0. The number of carbonyl (C=O) groups is 2. The summed E-state index contributed by atoms with van der Waals surface area (Å²) < 4.78 is 17.9. The van der Waals surface area contributed by atoms with Crippen LogP contribution in [-0.2, 0) is 9.63 Å². The minimum absolute atomic E-state index is 0.0274. The van der Waals surface area contributed by atoms with Crippen LogP contribution < -0.4 is 16.0 Å². The molecule has 7 heteroatoms. The number of methoxy groups -OCH3 is 1. The van der Waals surface area contributed by atoms with E-state index in [1.54, 1.807) is 0 Å². The van der Waals surface area contributed by atoms with Gasteiger partial charge in [-0.3, -0.25) is 14.4 Å². The van der Waals surface area contributed by atoms with E-state index in [1.807, 2.05) is 5.48 Å². The molecule has 92 valence electrons. The van der Waals surface area contributed by atoms with Crippen LogP contribution in [0, 0.1) is 5.82 Å². The van der Waals surface area contributed by atoms with Gasteiger partial charge < -0.3 is 10.5 Å². The third kappa shape index (κ3) is 3.72. The van der Waals surface area contributed by atoms with Crippen molar-refractivity contribution in [3.8, 4) is 5.75 Å². The molecule has 1 aromatic carbocycles. The number of hydroxylamine groups is 1. The van der Waals surface area contributed by atoms with E-state index in [1.165, 1.54) is 19.2 Å². The largest absolute Gasteiger partial charge is 0.494 e. The minimum Gasteiger partial charge on any atom is -0.494 e. The molecule has 17 heavy (non-hydrogen) atoms. The highest BCUT2D eigenvalue weighted by Crippen LogP contribution is 2.17. The Morgan fingerprint density at radius 3 is 2.71 bits per heavy atom. The molecule has 0 aromatic heterocycles. The number of ether oxygens (including phenoxy) is 1. The molecular weight excluding hydrogens is 231 g/mol. The van der Waals surface area contributed by atoms with Crippen LogP contribution in [0.3, 0.4) is 0 Å². The zero-order chi connectivity index (χ0) is 12.8. The van der Waals surface area contributed by atoms with E-state index in [-0.39, 0.29) is 11.3 Å². The van der Waals surface area contributed by atoms with E-state index in [4.69, 9.17) is 10.5 Å². The van der Waals surface area contributed by atoms with Crippen LogP contribution in [0.25, 0.3) is 0 Å². The molecule has 0 bridgehead atoms. The van der Waals surface area contributed by atoms with Crippen LogP contribution in [0.15, 0.2) is 18.2 Å². The van der Waals surface area contributed by atoms with Gasteiger partial charge in [0.2, 0.25) is 5.91 Å². The Hall–Kier alpha value is -2.15. The second kappa shape index (κ2) is 5.80. The Balaban J connectivity index is 2.63. The molecule has 0 saturated heterocycles. The van der Waals surface area contributed by atoms with Crippen molar-refractivity contribution in [1.82, 2.24) is 5.48 Å². The average molecular weight is 242 g/mol. The third-order valence-electron chi connectivity index (χ3n) is 1.79. The van der Waals surface area contributed by atoms with Gasteiger partial charge in [-0.05, 0) is 18.2 Å². The van der Waals surface area contributed by atoms with Crippen molar-refractivity contribution < 1.29 is 23.6 Å². The number of primary amides is 1. The highest BCUT2D eigenvalue weighted by molar-refractivity contribution is 5.93. The summed E-state index contributed by atoms with van der Waals surface area (Å²) in [7, 11) is 1.31. The SMILES string of the molecule is COc1ccc(C(=O)NOCC(N)=O)cc1F. The number of carbonyl (C=O) groups excluding carboxylic acids is 2. The Labute approximate surface area is 96.5 Å². The van der Waals surface area contributed by atoms with Gasteiger partial charge in [0.25, 0.3) is 5.91 Å². The van der Waals surface area contributed by atoms with Gasteiger partial charge >= 0.3 is 0 Å². The van der Waals surface area contributed by atoms with Crippen LogP contribution in [0.1, 0.15) is 10.4 Å². The van der Waals surface area contributed by atoms with Gasteiger partial charge in [-0.2, -0.15) is 0 Å².